The second-order valence-corrected chi connectivity index (χ2v) is 3.33. The molecular formula is C9H15N5O4. The van der Waals surface area contributed by atoms with Crippen LogP contribution in [0.1, 0.15) is 6.42 Å². The summed E-state index contributed by atoms with van der Waals surface area (Å²) in [4.78, 5) is 17.5. The molecule has 1 heterocycles. The molecule has 4 N–H and O–H groups in total. The molecule has 0 saturated heterocycles. The van der Waals surface area contributed by atoms with Gasteiger partial charge in [0.15, 0.2) is 0 Å². The van der Waals surface area contributed by atoms with Gasteiger partial charge in [-0.15, -0.1) is 0 Å². The lowest BCUT2D eigenvalue weighted by molar-refractivity contribution is -0.383. The maximum atomic E-state index is 10.8. The Kier molecular flexibility index (Phi) is 5.74. The number of nitrogens with zero attached hydrogens (tertiary/aromatic N) is 3. The molecule has 9 heteroatoms. The Labute approximate surface area is 103 Å². The minimum absolute atomic E-state index is 0.0264. The first-order valence-corrected chi connectivity index (χ1v) is 5.34. The van der Waals surface area contributed by atoms with Gasteiger partial charge in [0.05, 0.1) is 18.1 Å². The third-order valence-corrected chi connectivity index (χ3v) is 2.03. The molecule has 100 valence electrons. The van der Waals surface area contributed by atoms with Crippen molar-refractivity contribution >= 4 is 17.3 Å². The van der Waals surface area contributed by atoms with Crippen molar-refractivity contribution in [3.8, 4) is 0 Å². The zero-order valence-corrected chi connectivity index (χ0v) is 9.70. The molecule has 18 heavy (non-hydrogen) atoms. The van der Waals surface area contributed by atoms with Crippen molar-refractivity contribution in [1.29, 1.82) is 0 Å². The van der Waals surface area contributed by atoms with E-state index in [9.17, 15) is 10.1 Å². The van der Waals surface area contributed by atoms with E-state index in [-0.39, 0.29) is 30.5 Å². The molecule has 0 atom stereocenters. The molecule has 0 bridgehead atoms. The van der Waals surface area contributed by atoms with Crippen LogP contribution in [0.15, 0.2) is 6.33 Å². The van der Waals surface area contributed by atoms with Crippen LogP contribution in [0.5, 0.6) is 0 Å². The fourth-order valence-electron chi connectivity index (χ4n) is 1.25. The molecule has 0 aliphatic rings. The molecule has 0 aliphatic heterocycles. The lowest BCUT2D eigenvalue weighted by Crippen LogP contribution is -2.11. The number of rotatable bonds is 8. The van der Waals surface area contributed by atoms with Gasteiger partial charge in [-0.2, -0.15) is 0 Å². The van der Waals surface area contributed by atoms with Gasteiger partial charge in [0.1, 0.15) is 6.33 Å². The van der Waals surface area contributed by atoms with Gasteiger partial charge in [0.2, 0.25) is 11.6 Å². The summed E-state index contributed by atoms with van der Waals surface area (Å²) in [7, 11) is 0. The highest BCUT2D eigenvalue weighted by molar-refractivity contribution is 5.67. The number of nitrogens with one attached hydrogen (secondary N) is 1. The first-order chi connectivity index (χ1) is 8.66. The molecule has 0 aromatic carbocycles. The van der Waals surface area contributed by atoms with Crippen molar-refractivity contribution in [1.82, 2.24) is 9.97 Å². The van der Waals surface area contributed by atoms with Crippen LogP contribution < -0.4 is 11.1 Å². The van der Waals surface area contributed by atoms with Crippen LogP contribution in [0.25, 0.3) is 0 Å². The summed E-state index contributed by atoms with van der Waals surface area (Å²) in [6, 6.07) is 0. The summed E-state index contributed by atoms with van der Waals surface area (Å²) in [5, 5.41) is 22.0. The fourth-order valence-corrected chi connectivity index (χ4v) is 1.25. The lowest BCUT2D eigenvalue weighted by Gasteiger charge is -2.06. The van der Waals surface area contributed by atoms with Crippen LogP contribution in [0.4, 0.5) is 17.3 Å². The van der Waals surface area contributed by atoms with Gasteiger partial charge in [-0.25, -0.2) is 9.97 Å². The molecule has 0 fully saturated rings. The Hall–Kier alpha value is -2.00. The minimum atomic E-state index is -0.625. The summed E-state index contributed by atoms with van der Waals surface area (Å²) in [6.45, 7) is 1.15. The zero-order chi connectivity index (χ0) is 13.4. The van der Waals surface area contributed by atoms with E-state index < -0.39 is 4.92 Å². The first-order valence-electron chi connectivity index (χ1n) is 5.34. The molecule has 0 saturated carbocycles. The molecule has 0 radical (unpaired) electrons. The van der Waals surface area contributed by atoms with E-state index in [1.807, 2.05) is 0 Å². The lowest BCUT2D eigenvalue weighted by atomic mass is 10.4. The summed E-state index contributed by atoms with van der Waals surface area (Å²) in [6.07, 6.45) is 1.79. The van der Waals surface area contributed by atoms with Crippen molar-refractivity contribution in [3.05, 3.63) is 16.4 Å². The average molecular weight is 257 g/mol. The van der Waals surface area contributed by atoms with E-state index in [0.717, 1.165) is 6.33 Å². The van der Waals surface area contributed by atoms with E-state index >= 15 is 0 Å². The van der Waals surface area contributed by atoms with Gasteiger partial charge in [-0.05, 0) is 6.42 Å². The maximum absolute atomic E-state index is 10.8. The van der Waals surface area contributed by atoms with Crippen molar-refractivity contribution in [2.24, 2.45) is 0 Å². The molecule has 9 nitrogen and oxygen atoms in total. The van der Waals surface area contributed by atoms with Gasteiger partial charge >= 0.3 is 5.69 Å². The monoisotopic (exact) mass is 257 g/mol. The molecule has 1 aromatic heterocycles. The Bertz CT molecular complexity index is 401. The van der Waals surface area contributed by atoms with Gasteiger partial charge in [-0.3, -0.25) is 10.1 Å². The van der Waals surface area contributed by atoms with Gasteiger partial charge < -0.3 is 20.9 Å². The smallest absolute Gasteiger partial charge is 0.352 e. The van der Waals surface area contributed by atoms with Crippen LogP contribution in [0.3, 0.4) is 0 Å². The molecule has 0 amide bonds. The highest BCUT2D eigenvalue weighted by Gasteiger charge is 2.20. The first kappa shape index (κ1) is 14.1. The van der Waals surface area contributed by atoms with Crippen LogP contribution >= 0.6 is 0 Å². The Morgan fingerprint density at radius 3 is 2.94 bits per heavy atom. The largest absolute Gasteiger partial charge is 0.394 e. The second kappa shape index (κ2) is 7.35. The van der Waals surface area contributed by atoms with E-state index in [0.29, 0.717) is 19.6 Å². The molecule has 0 unspecified atom stereocenters. The number of ether oxygens (including phenoxy) is 1. The summed E-state index contributed by atoms with van der Waals surface area (Å²) < 4.78 is 5.04. The van der Waals surface area contributed by atoms with Crippen molar-refractivity contribution < 1.29 is 14.8 Å². The highest BCUT2D eigenvalue weighted by atomic mass is 16.6. The Morgan fingerprint density at radius 2 is 2.28 bits per heavy atom. The predicted molar refractivity (Wildman–Crippen MR) is 64.1 cm³/mol. The standard InChI is InChI=1S/C9H15N5O4/c10-8-7(14(16)17)9(13-6-12-8)11-2-1-4-18-5-3-15/h6,15H,1-5H2,(H3,10,11,12,13). The topological polar surface area (TPSA) is 136 Å². The van der Waals surface area contributed by atoms with Gasteiger partial charge in [0, 0.05) is 13.2 Å². The minimum Gasteiger partial charge on any atom is -0.394 e. The van der Waals surface area contributed by atoms with E-state index in [2.05, 4.69) is 15.3 Å². The van der Waals surface area contributed by atoms with E-state index in [1.165, 1.54) is 0 Å². The normalized spacial score (nSPS) is 10.3. The van der Waals surface area contributed by atoms with Crippen molar-refractivity contribution in [2.45, 2.75) is 6.42 Å². The highest BCUT2D eigenvalue weighted by Crippen LogP contribution is 2.25. The van der Waals surface area contributed by atoms with Gasteiger partial charge in [-0.1, -0.05) is 0 Å². The molecule has 0 spiro atoms. The Balaban J connectivity index is 2.47. The number of nitrogen functional groups attached to an aromatic ring is 1. The van der Waals surface area contributed by atoms with Crippen LogP contribution in [-0.2, 0) is 4.74 Å². The summed E-state index contributed by atoms with van der Waals surface area (Å²) in [5.74, 6) is -0.0799. The van der Waals surface area contributed by atoms with E-state index in [4.69, 9.17) is 15.6 Å². The van der Waals surface area contributed by atoms with E-state index in [1.54, 1.807) is 0 Å². The number of hydrogen-bond donors (Lipinski definition) is 3. The number of nitro groups is 1. The molecule has 1 rings (SSSR count). The van der Waals surface area contributed by atoms with Crippen LogP contribution in [0.2, 0.25) is 0 Å². The van der Waals surface area contributed by atoms with Crippen LogP contribution in [-0.4, -0.2) is 46.4 Å². The predicted octanol–water partition coefficient (Wildman–Crippen LogP) is -0.222. The average Bonchev–Trinajstić information content (AvgIpc) is 2.33. The third-order valence-electron chi connectivity index (χ3n) is 2.03. The molecular weight excluding hydrogens is 242 g/mol. The number of aromatic nitrogens is 2. The quantitative estimate of drug-likeness (QED) is 0.330. The maximum Gasteiger partial charge on any atom is 0.352 e. The summed E-state index contributed by atoms with van der Waals surface area (Å²) >= 11 is 0. The number of nitrogens with two attached hydrogens (primary N) is 1. The second-order valence-electron chi connectivity index (χ2n) is 3.33. The number of anilines is 2. The third kappa shape index (κ3) is 4.11. The van der Waals surface area contributed by atoms with Crippen molar-refractivity contribution in [3.63, 3.8) is 0 Å². The fraction of sp³-hybridized carbons (Fsp3) is 0.556. The van der Waals surface area contributed by atoms with Crippen LogP contribution in [0, 0.1) is 10.1 Å². The molecule has 0 aliphatic carbocycles. The SMILES string of the molecule is Nc1ncnc(NCCCOCCO)c1[N+](=O)[O-]. The number of hydrogen-bond acceptors (Lipinski definition) is 8. The zero-order valence-electron chi connectivity index (χ0n) is 9.70. The number of aliphatic hydroxyl groups is 1. The van der Waals surface area contributed by atoms with Crippen molar-refractivity contribution in [2.75, 3.05) is 37.4 Å². The summed E-state index contributed by atoms with van der Waals surface area (Å²) in [5.41, 5.74) is 5.08. The number of aliphatic hydroxyl groups excluding tert-OH is 1. The van der Waals surface area contributed by atoms with Gasteiger partial charge in [0.25, 0.3) is 0 Å². The molecule has 1 aromatic rings. The Morgan fingerprint density at radius 1 is 1.50 bits per heavy atom.